The van der Waals surface area contributed by atoms with E-state index in [4.69, 9.17) is 5.26 Å². The first-order valence-electron chi connectivity index (χ1n) is 4.20. The zero-order chi connectivity index (χ0) is 12.5. The number of nitriles is 1. The number of nitrogens with zero attached hydrogens (tertiary/aromatic N) is 1. The van der Waals surface area contributed by atoms with Gasteiger partial charge in [-0.05, 0) is 18.6 Å². The van der Waals surface area contributed by atoms with Crippen molar-refractivity contribution in [1.29, 1.82) is 5.26 Å². The number of alkyl halides is 3. The summed E-state index contributed by atoms with van der Waals surface area (Å²) in [5, 5.41) is 8.29. The lowest BCUT2D eigenvalue weighted by Crippen LogP contribution is -2.15. The summed E-state index contributed by atoms with van der Waals surface area (Å²) in [7, 11) is 0. The lowest BCUT2D eigenvalue weighted by Gasteiger charge is -2.14. The highest BCUT2D eigenvalue weighted by Gasteiger charge is 2.38. The topological polar surface area (TPSA) is 23.8 Å². The minimum Gasteiger partial charge on any atom is -0.207 e. The molecule has 0 aliphatic carbocycles. The van der Waals surface area contributed by atoms with Crippen LogP contribution >= 0.6 is 0 Å². The van der Waals surface area contributed by atoms with Crippen LogP contribution in [0.25, 0.3) is 0 Å². The molecule has 0 unspecified atom stereocenters. The highest BCUT2D eigenvalue weighted by atomic mass is 19.4. The number of hydrogen-bond donors (Lipinski definition) is 0. The Bertz CT molecular complexity index is 456. The fourth-order valence-electron chi connectivity index (χ4n) is 1.34. The van der Waals surface area contributed by atoms with E-state index in [1.165, 1.54) is 6.07 Å². The molecule has 16 heavy (non-hydrogen) atoms. The molecule has 6 heteroatoms. The van der Waals surface area contributed by atoms with Gasteiger partial charge in [-0.3, -0.25) is 0 Å². The molecule has 0 aromatic heterocycles. The van der Waals surface area contributed by atoms with Crippen LogP contribution in [0.3, 0.4) is 0 Å². The van der Waals surface area contributed by atoms with E-state index in [1.54, 1.807) is 0 Å². The van der Waals surface area contributed by atoms with Gasteiger partial charge in [0.15, 0.2) is 0 Å². The Labute approximate surface area is 88.1 Å². The molecule has 0 amide bonds. The summed E-state index contributed by atoms with van der Waals surface area (Å²) in [5.74, 6) is -2.74. The first-order chi connectivity index (χ1) is 7.29. The first-order valence-corrected chi connectivity index (χ1v) is 4.20. The minimum absolute atomic E-state index is 0.438. The molecule has 1 aromatic carbocycles. The van der Waals surface area contributed by atoms with Crippen LogP contribution in [-0.4, -0.2) is 0 Å². The normalized spacial score (nSPS) is 11.3. The first kappa shape index (κ1) is 12.4. The standard InChI is InChI=1S/C10H6F5N/c1-5-4-7(11)6(2-3-16)8(9(5)12)10(13,14)15/h4H,2H2,1H3. The Kier molecular flexibility index (Phi) is 3.17. The molecule has 0 atom stereocenters. The summed E-state index contributed by atoms with van der Waals surface area (Å²) >= 11 is 0. The van der Waals surface area contributed by atoms with Gasteiger partial charge in [-0.2, -0.15) is 18.4 Å². The van der Waals surface area contributed by atoms with Crippen molar-refractivity contribution < 1.29 is 22.0 Å². The lowest BCUT2D eigenvalue weighted by atomic mass is 10.00. The van der Waals surface area contributed by atoms with Crippen LogP contribution in [0.4, 0.5) is 22.0 Å². The van der Waals surface area contributed by atoms with E-state index in [0.717, 1.165) is 6.92 Å². The number of hydrogen-bond acceptors (Lipinski definition) is 1. The highest BCUT2D eigenvalue weighted by molar-refractivity contribution is 5.38. The van der Waals surface area contributed by atoms with Gasteiger partial charge in [-0.25, -0.2) is 8.78 Å². The maximum absolute atomic E-state index is 13.3. The zero-order valence-corrected chi connectivity index (χ0v) is 8.12. The highest BCUT2D eigenvalue weighted by Crippen LogP contribution is 2.36. The Morgan fingerprint density at radius 2 is 1.88 bits per heavy atom. The van der Waals surface area contributed by atoms with Crippen LogP contribution in [0.15, 0.2) is 6.07 Å². The van der Waals surface area contributed by atoms with E-state index >= 15 is 0 Å². The van der Waals surface area contributed by atoms with Gasteiger partial charge in [0.1, 0.15) is 11.6 Å². The summed E-state index contributed by atoms with van der Waals surface area (Å²) < 4.78 is 63.9. The molecular weight excluding hydrogens is 229 g/mol. The molecule has 1 rings (SSSR count). The Balaban J connectivity index is 3.60. The maximum atomic E-state index is 13.3. The van der Waals surface area contributed by atoms with Crippen LogP contribution < -0.4 is 0 Å². The van der Waals surface area contributed by atoms with Crippen molar-refractivity contribution in [3.63, 3.8) is 0 Å². The molecule has 0 spiro atoms. The smallest absolute Gasteiger partial charge is 0.207 e. The molecule has 0 saturated carbocycles. The minimum atomic E-state index is -5.01. The third kappa shape index (κ3) is 2.13. The molecule has 86 valence electrons. The molecule has 0 bridgehead atoms. The number of benzene rings is 1. The predicted molar refractivity (Wildman–Crippen MR) is 45.4 cm³/mol. The molecule has 0 heterocycles. The SMILES string of the molecule is Cc1cc(F)c(CC#N)c(C(F)(F)F)c1F. The summed E-state index contributed by atoms with van der Waals surface area (Å²) in [6.45, 7) is 1.03. The largest absolute Gasteiger partial charge is 0.419 e. The van der Waals surface area contributed by atoms with Gasteiger partial charge >= 0.3 is 6.18 Å². The summed E-state index contributed by atoms with van der Waals surface area (Å²) in [5.41, 5.74) is -3.07. The van der Waals surface area contributed by atoms with Crippen LogP contribution in [0.1, 0.15) is 16.7 Å². The van der Waals surface area contributed by atoms with E-state index in [9.17, 15) is 22.0 Å². The fourth-order valence-corrected chi connectivity index (χ4v) is 1.34. The van der Waals surface area contributed by atoms with Gasteiger partial charge in [0, 0.05) is 5.56 Å². The number of rotatable bonds is 1. The third-order valence-electron chi connectivity index (χ3n) is 2.04. The predicted octanol–water partition coefficient (Wildman–Crippen LogP) is 3.36. The van der Waals surface area contributed by atoms with Gasteiger partial charge in [0.2, 0.25) is 0 Å². The quantitative estimate of drug-likeness (QED) is 0.684. The average molecular weight is 235 g/mol. The molecule has 0 saturated heterocycles. The lowest BCUT2D eigenvalue weighted by molar-refractivity contribution is -0.140. The molecule has 0 fully saturated rings. The number of aryl methyl sites for hydroxylation is 1. The fraction of sp³-hybridized carbons (Fsp3) is 0.300. The summed E-state index contributed by atoms with van der Waals surface area (Å²) in [6.07, 6.45) is -5.83. The van der Waals surface area contributed by atoms with Crippen molar-refractivity contribution in [2.75, 3.05) is 0 Å². The molecule has 0 radical (unpaired) electrons. The Morgan fingerprint density at radius 1 is 1.31 bits per heavy atom. The van der Waals surface area contributed by atoms with Crippen LogP contribution in [0, 0.1) is 29.9 Å². The average Bonchev–Trinajstić information content (AvgIpc) is 2.12. The maximum Gasteiger partial charge on any atom is 0.419 e. The molecule has 0 aliphatic heterocycles. The van der Waals surface area contributed by atoms with E-state index < -0.39 is 40.9 Å². The van der Waals surface area contributed by atoms with E-state index in [1.807, 2.05) is 0 Å². The van der Waals surface area contributed by atoms with Gasteiger partial charge in [-0.1, -0.05) is 0 Å². The van der Waals surface area contributed by atoms with Gasteiger partial charge in [0.25, 0.3) is 0 Å². The van der Waals surface area contributed by atoms with Gasteiger partial charge < -0.3 is 0 Å². The Hall–Kier alpha value is -1.64. The molecule has 1 aromatic rings. The van der Waals surface area contributed by atoms with Crippen molar-refractivity contribution in [3.05, 3.63) is 34.4 Å². The van der Waals surface area contributed by atoms with E-state index in [0.29, 0.717) is 6.07 Å². The summed E-state index contributed by atoms with van der Waals surface area (Å²) in [6, 6.07) is 2.03. The van der Waals surface area contributed by atoms with Crippen LogP contribution in [0.5, 0.6) is 0 Å². The van der Waals surface area contributed by atoms with Crippen molar-refractivity contribution in [1.82, 2.24) is 0 Å². The third-order valence-corrected chi connectivity index (χ3v) is 2.04. The number of halogens is 5. The Morgan fingerprint density at radius 3 is 2.31 bits per heavy atom. The molecule has 0 aliphatic rings. The van der Waals surface area contributed by atoms with Gasteiger partial charge in [-0.15, -0.1) is 0 Å². The monoisotopic (exact) mass is 235 g/mol. The van der Waals surface area contributed by atoms with Crippen molar-refractivity contribution >= 4 is 0 Å². The van der Waals surface area contributed by atoms with E-state index in [2.05, 4.69) is 0 Å². The van der Waals surface area contributed by atoms with Crippen LogP contribution in [-0.2, 0) is 12.6 Å². The second kappa shape index (κ2) is 4.08. The van der Waals surface area contributed by atoms with E-state index in [-0.39, 0.29) is 0 Å². The zero-order valence-electron chi connectivity index (χ0n) is 8.12. The molecule has 1 nitrogen and oxygen atoms in total. The van der Waals surface area contributed by atoms with Crippen molar-refractivity contribution in [2.45, 2.75) is 19.5 Å². The molecular formula is C10H6F5N. The molecule has 0 N–H and O–H groups in total. The summed E-state index contributed by atoms with van der Waals surface area (Å²) in [4.78, 5) is 0. The van der Waals surface area contributed by atoms with Crippen LogP contribution in [0.2, 0.25) is 0 Å². The van der Waals surface area contributed by atoms with Crippen molar-refractivity contribution in [2.24, 2.45) is 0 Å². The van der Waals surface area contributed by atoms with Crippen molar-refractivity contribution in [3.8, 4) is 6.07 Å². The second-order valence-electron chi connectivity index (χ2n) is 3.18. The van der Waals surface area contributed by atoms with Gasteiger partial charge in [0.05, 0.1) is 18.1 Å². The second-order valence-corrected chi connectivity index (χ2v) is 3.18.